The third-order valence-corrected chi connectivity index (χ3v) is 1.29. The molecule has 1 atom stereocenters. The minimum absolute atomic E-state index is 0.154. The van der Waals surface area contributed by atoms with Crippen molar-refractivity contribution in [2.24, 2.45) is 0 Å². The Hall–Kier alpha value is -1.12. The molecule has 0 saturated heterocycles. The van der Waals surface area contributed by atoms with Crippen molar-refractivity contribution in [2.75, 3.05) is 0 Å². The summed E-state index contributed by atoms with van der Waals surface area (Å²) in [5, 5.41) is 3.65. The third-order valence-electron chi connectivity index (χ3n) is 1.29. The second-order valence-electron chi connectivity index (χ2n) is 2.20. The lowest BCUT2D eigenvalue weighted by molar-refractivity contribution is 0.369. The maximum absolute atomic E-state index is 4.88. The van der Waals surface area contributed by atoms with Crippen molar-refractivity contribution in [3.8, 4) is 0 Å². The van der Waals surface area contributed by atoms with E-state index in [2.05, 4.69) is 16.7 Å². The number of hydrogen-bond donors (Lipinski definition) is 0. The molecule has 0 spiro atoms. The van der Waals surface area contributed by atoms with Crippen molar-refractivity contribution in [3.05, 3.63) is 24.4 Å². The second kappa shape index (κ2) is 2.64. The van der Waals surface area contributed by atoms with E-state index in [1.54, 1.807) is 13.0 Å². The van der Waals surface area contributed by atoms with Gasteiger partial charge in [0.25, 0.3) is 0 Å². The lowest BCUT2D eigenvalue weighted by Gasteiger charge is -1.93. The first kappa shape index (κ1) is 6.99. The van der Waals surface area contributed by atoms with Crippen LogP contribution in [0.4, 0.5) is 0 Å². The van der Waals surface area contributed by atoms with E-state index in [4.69, 9.17) is 4.52 Å². The highest BCUT2D eigenvalue weighted by molar-refractivity contribution is 4.99. The Morgan fingerprint density at radius 1 is 1.70 bits per heavy atom. The summed E-state index contributed by atoms with van der Waals surface area (Å²) in [7, 11) is 0. The van der Waals surface area contributed by atoms with Crippen LogP contribution in [0.1, 0.15) is 24.6 Å². The summed E-state index contributed by atoms with van der Waals surface area (Å²) in [6.45, 7) is 7.37. The zero-order valence-corrected chi connectivity index (χ0v) is 6.16. The molecule has 0 N–H and O–H groups in total. The fourth-order valence-corrected chi connectivity index (χ4v) is 0.599. The van der Waals surface area contributed by atoms with Crippen LogP contribution in [-0.2, 0) is 0 Å². The number of aryl methyl sites for hydroxylation is 1. The Kier molecular flexibility index (Phi) is 1.85. The van der Waals surface area contributed by atoms with Gasteiger partial charge in [-0.15, -0.1) is 6.58 Å². The molecule has 0 bridgehead atoms. The van der Waals surface area contributed by atoms with Gasteiger partial charge in [0.1, 0.15) is 0 Å². The molecule has 10 heavy (non-hydrogen) atoms. The molecule has 0 aromatic carbocycles. The van der Waals surface area contributed by atoms with E-state index in [1.165, 1.54) is 0 Å². The summed E-state index contributed by atoms with van der Waals surface area (Å²) in [6, 6.07) is 0. The molecule has 1 aromatic heterocycles. The molecule has 0 unspecified atom stereocenters. The molecule has 0 aliphatic carbocycles. The van der Waals surface area contributed by atoms with Crippen LogP contribution in [0.5, 0.6) is 0 Å². The molecule has 1 heterocycles. The van der Waals surface area contributed by atoms with E-state index in [0.29, 0.717) is 11.7 Å². The summed E-state index contributed by atoms with van der Waals surface area (Å²) in [5.74, 6) is 1.46. The maximum atomic E-state index is 4.88. The molecule has 3 heteroatoms. The molecule has 1 rings (SSSR count). The Labute approximate surface area is 59.8 Å². The van der Waals surface area contributed by atoms with Crippen molar-refractivity contribution >= 4 is 0 Å². The van der Waals surface area contributed by atoms with Gasteiger partial charge in [-0.05, 0) is 6.92 Å². The van der Waals surface area contributed by atoms with Crippen LogP contribution >= 0.6 is 0 Å². The van der Waals surface area contributed by atoms with Gasteiger partial charge in [0.15, 0.2) is 5.82 Å². The number of rotatable bonds is 2. The molecule has 0 aliphatic rings. The first-order valence-corrected chi connectivity index (χ1v) is 3.17. The van der Waals surface area contributed by atoms with Crippen molar-refractivity contribution < 1.29 is 4.52 Å². The molecule has 0 saturated carbocycles. The van der Waals surface area contributed by atoms with E-state index in [-0.39, 0.29) is 5.92 Å². The molecule has 3 nitrogen and oxygen atoms in total. The molecule has 0 radical (unpaired) electrons. The van der Waals surface area contributed by atoms with Gasteiger partial charge in [-0.1, -0.05) is 18.2 Å². The Balaban J connectivity index is 2.84. The highest BCUT2D eigenvalue weighted by atomic mass is 16.5. The Morgan fingerprint density at radius 3 is 2.80 bits per heavy atom. The summed E-state index contributed by atoms with van der Waals surface area (Å²) in [5.41, 5.74) is 0. The predicted molar refractivity (Wildman–Crippen MR) is 37.6 cm³/mol. The standard InChI is InChI=1S/C7H10N2O/c1-4-5(2)7-8-6(3)9-10-7/h4-5H,1H2,2-3H3/t5-/m1/s1. The fraction of sp³-hybridized carbons (Fsp3) is 0.429. The fourth-order valence-electron chi connectivity index (χ4n) is 0.599. The highest BCUT2D eigenvalue weighted by Crippen LogP contribution is 2.12. The van der Waals surface area contributed by atoms with Gasteiger partial charge in [-0.25, -0.2) is 0 Å². The summed E-state index contributed by atoms with van der Waals surface area (Å²) in [4.78, 5) is 4.03. The van der Waals surface area contributed by atoms with E-state index in [0.717, 1.165) is 0 Å². The molecular weight excluding hydrogens is 128 g/mol. The smallest absolute Gasteiger partial charge is 0.233 e. The average Bonchev–Trinajstić information content (AvgIpc) is 2.34. The minimum atomic E-state index is 0.154. The Bertz CT molecular complexity index is 229. The molecular formula is C7H10N2O. The zero-order chi connectivity index (χ0) is 7.56. The van der Waals surface area contributed by atoms with Crippen LogP contribution < -0.4 is 0 Å². The van der Waals surface area contributed by atoms with Crippen LogP contribution in [-0.4, -0.2) is 10.1 Å². The monoisotopic (exact) mass is 138 g/mol. The maximum Gasteiger partial charge on any atom is 0.233 e. The number of allylic oxidation sites excluding steroid dienone is 1. The van der Waals surface area contributed by atoms with Gasteiger partial charge < -0.3 is 4.52 Å². The van der Waals surface area contributed by atoms with E-state index < -0.39 is 0 Å². The molecule has 0 fully saturated rings. The van der Waals surface area contributed by atoms with Crippen LogP contribution in [0.15, 0.2) is 17.2 Å². The molecule has 1 aromatic rings. The SMILES string of the molecule is C=C[C@@H](C)c1nc(C)no1. The van der Waals surface area contributed by atoms with E-state index in [1.807, 2.05) is 6.92 Å². The lowest BCUT2D eigenvalue weighted by Crippen LogP contribution is -1.87. The van der Waals surface area contributed by atoms with Gasteiger partial charge in [-0.3, -0.25) is 0 Å². The van der Waals surface area contributed by atoms with Crippen LogP contribution in [0.2, 0.25) is 0 Å². The van der Waals surface area contributed by atoms with Gasteiger partial charge in [0.2, 0.25) is 5.89 Å². The highest BCUT2D eigenvalue weighted by Gasteiger charge is 2.07. The zero-order valence-electron chi connectivity index (χ0n) is 6.16. The Morgan fingerprint density at radius 2 is 2.40 bits per heavy atom. The average molecular weight is 138 g/mol. The van der Waals surface area contributed by atoms with Crippen LogP contribution in [0, 0.1) is 6.92 Å². The largest absolute Gasteiger partial charge is 0.339 e. The van der Waals surface area contributed by atoms with Gasteiger partial charge in [0, 0.05) is 0 Å². The first-order valence-electron chi connectivity index (χ1n) is 3.17. The number of hydrogen-bond acceptors (Lipinski definition) is 3. The molecule has 54 valence electrons. The quantitative estimate of drug-likeness (QED) is 0.583. The summed E-state index contributed by atoms with van der Waals surface area (Å²) < 4.78 is 4.88. The van der Waals surface area contributed by atoms with Gasteiger partial charge in [-0.2, -0.15) is 4.98 Å². The van der Waals surface area contributed by atoms with Crippen molar-refractivity contribution in [3.63, 3.8) is 0 Å². The predicted octanol–water partition coefficient (Wildman–Crippen LogP) is 1.67. The van der Waals surface area contributed by atoms with Crippen LogP contribution in [0.3, 0.4) is 0 Å². The molecule has 0 amide bonds. The van der Waals surface area contributed by atoms with Crippen LogP contribution in [0.25, 0.3) is 0 Å². The molecule has 0 aliphatic heterocycles. The van der Waals surface area contributed by atoms with E-state index in [9.17, 15) is 0 Å². The van der Waals surface area contributed by atoms with Gasteiger partial charge in [0.05, 0.1) is 5.92 Å². The summed E-state index contributed by atoms with van der Waals surface area (Å²) in [6.07, 6.45) is 1.77. The van der Waals surface area contributed by atoms with E-state index >= 15 is 0 Å². The normalized spacial score (nSPS) is 13.0. The second-order valence-corrected chi connectivity index (χ2v) is 2.20. The topological polar surface area (TPSA) is 38.9 Å². The van der Waals surface area contributed by atoms with Crippen molar-refractivity contribution in [2.45, 2.75) is 19.8 Å². The third kappa shape index (κ3) is 1.23. The minimum Gasteiger partial charge on any atom is -0.339 e. The number of nitrogens with zero attached hydrogens (tertiary/aromatic N) is 2. The van der Waals surface area contributed by atoms with Crippen molar-refractivity contribution in [1.82, 2.24) is 10.1 Å². The first-order chi connectivity index (χ1) is 4.74. The summed E-state index contributed by atoms with van der Waals surface area (Å²) >= 11 is 0. The number of aromatic nitrogens is 2. The van der Waals surface area contributed by atoms with Crippen molar-refractivity contribution in [1.29, 1.82) is 0 Å². The van der Waals surface area contributed by atoms with Gasteiger partial charge >= 0.3 is 0 Å². The lowest BCUT2D eigenvalue weighted by atomic mass is 10.2.